The zero-order chi connectivity index (χ0) is 26.1. The average molecular weight is 522 g/mol. The molecule has 0 saturated heterocycles. The molecule has 0 unspecified atom stereocenters. The number of fused-ring (bicyclic) bond motifs is 1. The first kappa shape index (κ1) is 25.0. The molecule has 9 nitrogen and oxygen atoms in total. The van der Waals surface area contributed by atoms with Gasteiger partial charge in [0.15, 0.2) is 0 Å². The molecule has 1 saturated carbocycles. The van der Waals surface area contributed by atoms with Crippen molar-refractivity contribution in [1.29, 1.82) is 0 Å². The highest BCUT2D eigenvalue weighted by atomic mass is 35.5. The second-order valence-corrected chi connectivity index (χ2v) is 9.86. The Kier molecular flexibility index (Phi) is 6.99. The number of aliphatic hydroxyl groups is 1. The van der Waals surface area contributed by atoms with Crippen LogP contribution in [0.15, 0.2) is 48.7 Å². The fraction of sp³-hybridized carbons (Fsp3) is 0.333. The van der Waals surface area contributed by atoms with E-state index in [9.17, 15) is 14.7 Å². The van der Waals surface area contributed by atoms with Gasteiger partial charge in [-0.05, 0) is 49.1 Å². The summed E-state index contributed by atoms with van der Waals surface area (Å²) in [5.41, 5.74) is 3.48. The van der Waals surface area contributed by atoms with Crippen molar-refractivity contribution in [1.82, 2.24) is 20.2 Å². The zero-order valence-electron chi connectivity index (χ0n) is 20.6. The molecule has 2 amide bonds. The van der Waals surface area contributed by atoms with E-state index in [1.807, 2.05) is 43.3 Å². The highest BCUT2D eigenvalue weighted by Crippen LogP contribution is 2.32. The van der Waals surface area contributed by atoms with Crippen molar-refractivity contribution in [2.24, 2.45) is 0 Å². The third-order valence-corrected chi connectivity index (χ3v) is 7.04. The summed E-state index contributed by atoms with van der Waals surface area (Å²) in [6.45, 7) is 2.19. The quantitative estimate of drug-likeness (QED) is 0.415. The lowest BCUT2D eigenvalue weighted by Crippen LogP contribution is -2.39. The first-order valence-corrected chi connectivity index (χ1v) is 12.5. The first-order valence-electron chi connectivity index (χ1n) is 12.1. The lowest BCUT2D eigenvalue weighted by molar-refractivity contribution is -0.122. The SMILES string of the molecule is COc1cccc([C@@H](C)NC(=O)CN2Cc3ccc(-c4nc(N[C@H]5C[C@H](O)C5)ncc4Cl)cc3C2=O)c1. The number of hydrogen-bond donors (Lipinski definition) is 3. The van der Waals surface area contributed by atoms with Crippen LogP contribution in [-0.4, -0.2) is 57.6 Å². The van der Waals surface area contributed by atoms with Crippen molar-refractivity contribution in [2.45, 2.75) is 44.5 Å². The number of carbonyl (C=O) groups is 2. The highest BCUT2D eigenvalue weighted by Gasteiger charge is 2.30. The number of amides is 2. The van der Waals surface area contributed by atoms with Gasteiger partial charge in [-0.15, -0.1) is 0 Å². The molecule has 0 spiro atoms. The van der Waals surface area contributed by atoms with Crippen molar-refractivity contribution < 1.29 is 19.4 Å². The number of methoxy groups -OCH3 is 1. The van der Waals surface area contributed by atoms with E-state index in [1.165, 1.54) is 11.1 Å². The summed E-state index contributed by atoms with van der Waals surface area (Å²) in [5, 5.41) is 16.0. The highest BCUT2D eigenvalue weighted by molar-refractivity contribution is 6.33. The minimum Gasteiger partial charge on any atom is -0.497 e. The summed E-state index contributed by atoms with van der Waals surface area (Å²) in [4.78, 5) is 36.2. The molecule has 3 N–H and O–H groups in total. The van der Waals surface area contributed by atoms with Gasteiger partial charge < -0.3 is 25.4 Å². The Bertz CT molecular complexity index is 1340. The van der Waals surface area contributed by atoms with Crippen molar-refractivity contribution >= 4 is 29.4 Å². The zero-order valence-corrected chi connectivity index (χ0v) is 21.3. The molecule has 1 aliphatic carbocycles. The number of nitrogens with one attached hydrogen (secondary N) is 2. The van der Waals surface area contributed by atoms with Crippen LogP contribution in [0.2, 0.25) is 5.02 Å². The predicted octanol–water partition coefficient (Wildman–Crippen LogP) is 3.57. The number of aromatic nitrogens is 2. The minimum atomic E-state index is -0.290. The fourth-order valence-corrected chi connectivity index (χ4v) is 4.82. The van der Waals surface area contributed by atoms with Crippen LogP contribution in [0.1, 0.15) is 47.3 Å². The van der Waals surface area contributed by atoms with Gasteiger partial charge in [-0.1, -0.05) is 35.9 Å². The molecule has 3 aromatic rings. The third kappa shape index (κ3) is 5.38. The summed E-state index contributed by atoms with van der Waals surface area (Å²) < 4.78 is 5.26. The summed E-state index contributed by atoms with van der Waals surface area (Å²) in [7, 11) is 1.60. The minimum absolute atomic E-state index is 0.0489. The van der Waals surface area contributed by atoms with Crippen LogP contribution in [-0.2, 0) is 11.3 Å². The maximum atomic E-state index is 13.2. The van der Waals surface area contributed by atoms with Crippen LogP contribution < -0.4 is 15.4 Å². The molecule has 1 aromatic heterocycles. The third-order valence-electron chi connectivity index (χ3n) is 6.76. The number of rotatable bonds is 8. The van der Waals surface area contributed by atoms with Gasteiger partial charge in [0.05, 0.1) is 36.2 Å². The maximum absolute atomic E-state index is 13.2. The summed E-state index contributed by atoms with van der Waals surface area (Å²) in [6, 6.07) is 12.9. The van der Waals surface area contributed by atoms with Gasteiger partial charge in [0.2, 0.25) is 11.9 Å². The molecule has 2 aliphatic rings. The Labute approximate surface area is 219 Å². The second-order valence-electron chi connectivity index (χ2n) is 9.46. The molecular formula is C27H28ClN5O4. The largest absolute Gasteiger partial charge is 0.497 e. The molecule has 1 atom stereocenters. The molecule has 0 radical (unpaired) electrons. The van der Waals surface area contributed by atoms with Crippen LogP contribution in [0.5, 0.6) is 5.75 Å². The Morgan fingerprint density at radius 1 is 1.27 bits per heavy atom. The van der Waals surface area contributed by atoms with Gasteiger partial charge in [0, 0.05) is 23.7 Å². The molecule has 0 bridgehead atoms. The predicted molar refractivity (Wildman–Crippen MR) is 139 cm³/mol. The van der Waals surface area contributed by atoms with Crippen molar-refractivity contribution in [3.8, 4) is 17.0 Å². The van der Waals surface area contributed by atoms with Crippen LogP contribution in [0.25, 0.3) is 11.3 Å². The van der Waals surface area contributed by atoms with Crippen LogP contribution in [0.4, 0.5) is 5.95 Å². The lowest BCUT2D eigenvalue weighted by Gasteiger charge is -2.31. The fourth-order valence-electron chi connectivity index (χ4n) is 4.62. The molecule has 10 heteroatoms. The molecule has 192 valence electrons. The number of benzene rings is 2. The Morgan fingerprint density at radius 2 is 2.08 bits per heavy atom. The number of halogens is 1. The summed E-state index contributed by atoms with van der Waals surface area (Å²) in [6.07, 6.45) is 2.53. The monoisotopic (exact) mass is 521 g/mol. The van der Waals surface area contributed by atoms with Gasteiger partial charge in [-0.2, -0.15) is 0 Å². The van der Waals surface area contributed by atoms with Gasteiger partial charge in [0.25, 0.3) is 5.91 Å². The molecular weight excluding hydrogens is 494 g/mol. The van der Waals surface area contributed by atoms with Crippen molar-refractivity contribution in [3.05, 3.63) is 70.4 Å². The smallest absolute Gasteiger partial charge is 0.254 e. The molecule has 1 aliphatic heterocycles. The Balaban J connectivity index is 1.26. The molecule has 2 heterocycles. The number of ether oxygens (including phenoxy) is 1. The normalized spacial score (nSPS) is 19.1. The summed E-state index contributed by atoms with van der Waals surface area (Å²) >= 11 is 6.39. The standard InChI is InChI=1S/C27H28ClN5O4/c1-15(16-4-3-5-21(8-16)37-2)30-24(35)14-33-13-18-7-6-17(9-22(18)26(33)36)25-23(28)12-29-27(32-25)31-19-10-20(34)11-19/h3-9,12,15,19-20,34H,10-11,13-14H2,1-2H3,(H,30,35)(H,29,31,32)/t15-,19-,20-/m1/s1. The van der Waals surface area contributed by atoms with Gasteiger partial charge in [0.1, 0.15) is 12.3 Å². The first-order chi connectivity index (χ1) is 17.8. The van der Waals surface area contributed by atoms with E-state index in [1.54, 1.807) is 13.2 Å². The van der Waals surface area contributed by atoms with Gasteiger partial charge in [-0.25, -0.2) is 9.97 Å². The van der Waals surface area contributed by atoms with E-state index in [4.69, 9.17) is 16.3 Å². The van der Waals surface area contributed by atoms with E-state index < -0.39 is 0 Å². The lowest BCUT2D eigenvalue weighted by atomic mass is 9.90. The average Bonchev–Trinajstić information content (AvgIpc) is 3.18. The van der Waals surface area contributed by atoms with Crippen LogP contribution in [0.3, 0.4) is 0 Å². The topological polar surface area (TPSA) is 117 Å². The van der Waals surface area contributed by atoms with E-state index in [-0.39, 0.29) is 36.5 Å². The Morgan fingerprint density at radius 3 is 2.84 bits per heavy atom. The number of nitrogens with zero attached hydrogens (tertiary/aromatic N) is 3. The molecule has 1 fully saturated rings. The molecule has 5 rings (SSSR count). The van der Waals surface area contributed by atoms with E-state index in [0.717, 1.165) is 11.1 Å². The number of aliphatic hydroxyl groups excluding tert-OH is 1. The van der Waals surface area contributed by atoms with Crippen LogP contribution in [0, 0.1) is 0 Å². The molecule has 37 heavy (non-hydrogen) atoms. The van der Waals surface area contributed by atoms with E-state index >= 15 is 0 Å². The van der Waals surface area contributed by atoms with E-state index in [0.29, 0.717) is 52.9 Å². The Hall–Kier alpha value is -3.69. The number of hydrogen-bond acceptors (Lipinski definition) is 7. The number of anilines is 1. The van der Waals surface area contributed by atoms with Gasteiger partial charge >= 0.3 is 0 Å². The number of carbonyl (C=O) groups excluding carboxylic acids is 2. The van der Waals surface area contributed by atoms with Crippen molar-refractivity contribution in [3.63, 3.8) is 0 Å². The molecule has 2 aromatic carbocycles. The summed E-state index contributed by atoms with van der Waals surface area (Å²) in [5.74, 6) is 0.681. The van der Waals surface area contributed by atoms with Crippen LogP contribution >= 0.6 is 11.6 Å². The van der Waals surface area contributed by atoms with E-state index in [2.05, 4.69) is 20.6 Å². The second kappa shape index (κ2) is 10.4. The van der Waals surface area contributed by atoms with Gasteiger partial charge in [-0.3, -0.25) is 9.59 Å². The van der Waals surface area contributed by atoms with Crippen molar-refractivity contribution in [2.75, 3.05) is 19.0 Å². The maximum Gasteiger partial charge on any atom is 0.254 e.